The van der Waals surface area contributed by atoms with E-state index in [2.05, 4.69) is 9.71 Å². The minimum atomic E-state index is -3.57. The van der Waals surface area contributed by atoms with Crippen molar-refractivity contribution in [3.05, 3.63) is 17.5 Å². The first-order valence-corrected chi connectivity index (χ1v) is 7.99. The second kappa shape index (κ2) is 7.30. The Bertz CT molecular complexity index is 550. The zero-order valence-corrected chi connectivity index (χ0v) is 12.7. The number of H-pyrrole nitrogens is 1. The molecule has 0 aliphatic heterocycles. The molecule has 1 heterocycles. The van der Waals surface area contributed by atoms with E-state index in [0.717, 1.165) is 0 Å². The molecule has 0 aliphatic carbocycles. The largest absolute Gasteiger partial charge is 0.462 e. The lowest BCUT2D eigenvalue weighted by atomic mass is 10.2. The molecule has 114 valence electrons. The molecule has 0 saturated heterocycles. The number of rotatable bonds is 8. The molecule has 0 aliphatic rings. The summed E-state index contributed by atoms with van der Waals surface area (Å²) in [5, 5.41) is 0. The van der Waals surface area contributed by atoms with Gasteiger partial charge in [-0.1, -0.05) is 0 Å². The normalized spacial score (nSPS) is 11.3. The van der Waals surface area contributed by atoms with Crippen molar-refractivity contribution < 1.29 is 22.7 Å². The van der Waals surface area contributed by atoms with Gasteiger partial charge >= 0.3 is 5.97 Å². The van der Waals surface area contributed by atoms with Crippen LogP contribution < -0.4 is 4.72 Å². The van der Waals surface area contributed by atoms with E-state index in [1.54, 1.807) is 20.8 Å². The van der Waals surface area contributed by atoms with Gasteiger partial charge in [0.1, 0.15) is 5.56 Å². The predicted molar refractivity (Wildman–Crippen MR) is 75.4 cm³/mol. The van der Waals surface area contributed by atoms with E-state index in [1.165, 1.54) is 6.20 Å². The second-order valence-corrected chi connectivity index (χ2v) is 5.88. The van der Waals surface area contributed by atoms with Crippen molar-refractivity contribution in [3.8, 4) is 0 Å². The molecule has 7 nitrogen and oxygen atoms in total. The van der Waals surface area contributed by atoms with E-state index in [1.807, 2.05) is 0 Å². The van der Waals surface area contributed by atoms with Crippen LogP contribution in [0.3, 0.4) is 0 Å². The number of aromatic amines is 1. The second-order valence-electron chi connectivity index (χ2n) is 4.04. The Balaban J connectivity index is 2.85. The molecule has 0 bridgehead atoms. The van der Waals surface area contributed by atoms with Gasteiger partial charge in [-0.2, -0.15) is 0 Å². The molecule has 0 unspecified atom stereocenters. The highest BCUT2D eigenvalue weighted by molar-refractivity contribution is 7.92. The summed E-state index contributed by atoms with van der Waals surface area (Å²) in [4.78, 5) is 14.6. The summed E-state index contributed by atoms with van der Waals surface area (Å²) in [7, 11) is -3.57. The smallest absolute Gasteiger partial charge is 0.342 e. The molecule has 0 amide bonds. The van der Waals surface area contributed by atoms with Crippen LogP contribution in [-0.4, -0.2) is 44.9 Å². The van der Waals surface area contributed by atoms with Gasteiger partial charge in [0.2, 0.25) is 10.0 Å². The molecule has 1 aromatic heterocycles. The van der Waals surface area contributed by atoms with Crippen molar-refractivity contribution in [1.29, 1.82) is 0 Å². The fraction of sp³-hybridized carbons (Fsp3) is 0.583. The topological polar surface area (TPSA) is 97.5 Å². The Labute approximate surface area is 118 Å². The summed E-state index contributed by atoms with van der Waals surface area (Å²) in [5.41, 5.74) is 0.940. The molecule has 0 fully saturated rings. The van der Waals surface area contributed by atoms with Crippen LogP contribution in [-0.2, 0) is 19.5 Å². The first-order chi connectivity index (χ1) is 9.41. The number of carbonyl (C=O) groups excluding carboxylic acids is 1. The molecular formula is C12H20N2O5S. The van der Waals surface area contributed by atoms with E-state index in [-0.39, 0.29) is 30.2 Å². The molecule has 0 spiro atoms. The summed E-state index contributed by atoms with van der Waals surface area (Å²) in [6, 6.07) is 0. The Morgan fingerprint density at radius 2 is 2.05 bits per heavy atom. The highest BCUT2D eigenvalue weighted by atomic mass is 32.2. The molecule has 0 atom stereocenters. The van der Waals surface area contributed by atoms with E-state index in [4.69, 9.17) is 9.47 Å². The van der Waals surface area contributed by atoms with Gasteiger partial charge in [-0.25, -0.2) is 13.2 Å². The molecular weight excluding hydrogens is 284 g/mol. The number of aromatic nitrogens is 1. The van der Waals surface area contributed by atoms with Gasteiger partial charge in [-0.3, -0.25) is 4.72 Å². The number of hydrogen-bond acceptors (Lipinski definition) is 5. The zero-order valence-electron chi connectivity index (χ0n) is 11.9. The SMILES string of the molecule is CCOCCS(=O)(=O)Nc1c[nH]c(C)c1C(=O)OCC. The number of nitrogens with one attached hydrogen (secondary N) is 2. The van der Waals surface area contributed by atoms with Crippen molar-refractivity contribution in [3.63, 3.8) is 0 Å². The van der Waals surface area contributed by atoms with Gasteiger partial charge in [0.05, 0.1) is 24.7 Å². The number of sulfonamides is 1. The average Bonchev–Trinajstić information content (AvgIpc) is 2.70. The van der Waals surface area contributed by atoms with Gasteiger partial charge in [0, 0.05) is 18.5 Å². The summed E-state index contributed by atoms with van der Waals surface area (Å²) in [6.07, 6.45) is 1.43. The first-order valence-electron chi connectivity index (χ1n) is 6.34. The summed E-state index contributed by atoms with van der Waals surface area (Å²) >= 11 is 0. The molecule has 8 heteroatoms. The van der Waals surface area contributed by atoms with Crippen molar-refractivity contribution >= 4 is 21.7 Å². The minimum Gasteiger partial charge on any atom is -0.462 e. The highest BCUT2D eigenvalue weighted by Gasteiger charge is 2.21. The van der Waals surface area contributed by atoms with Crippen LogP contribution in [0.4, 0.5) is 5.69 Å². The standard InChI is InChI=1S/C12H20N2O5S/c1-4-18-6-7-20(16,17)14-10-8-13-9(3)11(10)12(15)19-5-2/h8,13-14H,4-7H2,1-3H3. The lowest BCUT2D eigenvalue weighted by Crippen LogP contribution is -2.21. The maximum atomic E-state index is 11.9. The van der Waals surface area contributed by atoms with Crippen molar-refractivity contribution in [2.75, 3.05) is 30.3 Å². The van der Waals surface area contributed by atoms with Crippen molar-refractivity contribution in [2.45, 2.75) is 20.8 Å². The van der Waals surface area contributed by atoms with Crippen LogP contribution in [0.5, 0.6) is 0 Å². The van der Waals surface area contributed by atoms with Crippen LogP contribution >= 0.6 is 0 Å². The van der Waals surface area contributed by atoms with Crippen LogP contribution in [0.15, 0.2) is 6.20 Å². The van der Waals surface area contributed by atoms with Crippen LogP contribution in [0, 0.1) is 6.92 Å². The number of esters is 1. The van der Waals surface area contributed by atoms with E-state index in [9.17, 15) is 13.2 Å². The molecule has 2 N–H and O–H groups in total. The Morgan fingerprint density at radius 3 is 2.65 bits per heavy atom. The third kappa shape index (κ3) is 4.53. The molecule has 1 rings (SSSR count). The van der Waals surface area contributed by atoms with Gasteiger partial charge < -0.3 is 14.5 Å². The van der Waals surface area contributed by atoms with Crippen LogP contribution in [0.2, 0.25) is 0 Å². The van der Waals surface area contributed by atoms with Crippen LogP contribution in [0.1, 0.15) is 29.9 Å². The number of aryl methyl sites for hydroxylation is 1. The Morgan fingerprint density at radius 1 is 1.35 bits per heavy atom. The van der Waals surface area contributed by atoms with E-state index < -0.39 is 16.0 Å². The fourth-order valence-corrected chi connectivity index (χ4v) is 2.54. The van der Waals surface area contributed by atoms with Crippen molar-refractivity contribution in [2.24, 2.45) is 0 Å². The number of anilines is 1. The summed E-state index contributed by atoms with van der Waals surface area (Å²) in [6.45, 7) is 5.92. The Kier molecular flexibility index (Phi) is 6.03. The molecule has 20 heavy (non-hydrogen) atoms. The maximum absolute atomic E-state index is 11.9. The van der Waals surface area contributed by atoms with Gasteiger partial charge in [-0.05, 0) is 20.8 Å². The van der Waals surface area contributed by atoms with E-state index >= 15 is 0 Å². The van der Waals surface area contributed by atoms with E-state index in [0.29, 0.717) is 12.3 Å². The monoisotopic (exact) mass is 304 g/mol. The average molecular weight is 304 g/mol. The van der Waals surface area contributed by atoms with Gasteiger partial charge in [-0.15, -0.1) is 0 Å². The summed E-state index contributed by atoms with van der Waals surface area (Å²) < 4.78 is 36.0. The zero-order chi connectivity index (χ0) is 15.2. The molecule has 1 aromatic rings. The van der Waals surface area contributed by atoms with Crippen LogP contribution in [0.25, 0.3) is 0 Å². The summed E-state index contributed by atoms with van der Waals surface area (Å²) in [5.74, 6) is -0.735. The quantitative estimate of drug-likeness (QED) is 0.557. The maximum Gasteiger partial charge on any atom is 0.342 e. The molecule has 0 aromatic carbocycles. The number of hydrogen-bond donors (Lipinski definition) is 2. The third-order valence-electron chi connectivity index (χ3n) is 2.52. The highest BCUT2D eigenvalue weighted by Crippen LogP contribution is 2.21. The lowest BCUT2D eigenvalue weighted by Gasteiger charge is -2.09. The van der Waals surface area contributed by atoms with Crippen molar-refractivity contribution in [1.82, 2.24) is 4.98 Å². The first kappa shape index (κ1) is 16.5. The Hall–Kier alpha value is -1.54. The minimum absolute atomic E-state index is 0.101. The fourth-order valence-electron chi connectivity index (χ4n) is 1.61. The third-order valence-corrected chi connectivity index (χ3v) is 3.76. The number of carbonyl (C=O) groups is 1. The lowest BCUT2D eigenvalue weighted by molar-refractivity contribution is 0.0527. The number of ether oxygens (including phenoxy) is 2. The van der Waals surface area contributed by atoms with Gasteiger partial charge in [0.15, 0.2) is 0 Å². The predicted octanol–water partition coefficient (Wildman–Crippen LogP) is 1.28. The molecule has 0 saturated carbocycles. The molecule has 0 radical (unpaired) electrons. The van der Waals surface area contributed by atoms with Gasteiger partial charge in [0.25, 0.3) is 0 Å².